The van der Waals surface area contributed by atoms with E-state index < -0.39 is 17.7 Å². The lowest BCUT2D eigenvalue weighted by Gasteiger charge is -2.10. The van der Waals surface area contributed by atoms with Gasteiger partial charge in [-0.15, -0.1) is 0 Å². The van der Waals surface area contributed by atoms with Crippen molar-refractivity contribution < 1.29 is 13.5 Å². The van der Waals surface area contributed by atoms with Crippen molar-refractivity contribution in [1.82, 2.24) is 0 Å². The second-order valence-corrected chi connectivity index (χ2v) is 2.76. The highest BCUT2D eigenvalue weighted by Crippen LogP contribution is 2.14. The molecule has 0 aliphatic rings. The molecule has 1 rings (SSSR count). The van der Waals surface area contributed by atoms with Crippen LogP contribution in [0.15, 0.2) is 18.2 Å². The Hall–Kier alpha value is -1.00. The number of benzene rings is 1. The molecule has 72 valence electrons. The molecule has 0 saturated heterocycles. The van der Waals surface area contributed by atoms with Gasteiger partial charge in [-0.2, -0.15) is 0 Å². The molecule has 0 aliphatic carbocycles. The van der Waals surface area contributed by atoms with Gasteiger partial charge in [0.15, 0.2) is 0 Å². The van der Waals surface area contributed by atoms with E-state index in [0.717, 1.165) is 6.07 Å². The number of nitrogens with two attached hydrogens (primary N) is 1. The van der Waals surface area contributed by atoms with E-state index in [0.29, 0.717) is 5.56 Å². The van der Waals surface area contributed by atoms with Crippen LogP contribution in [0, 0.1) is 11.6 Å². The van der Waals surface area contributed by atoms with Gasteiger partial charge in [-0.3, -0.25) is 0 Å². The maximum atomic E-state index is 12.7. The van der Waals surface area contributed by atoms with E-state index in [1.165, 1.54) is 19.2 Å². The Morgan fingerprint density at radius 2 is 1.85 bits per heavy atom. The second-order valence-electron chi connectivity index (χ2n) is 2.76. The summed E-state index contributed by atoms with van der Waals surface area (Å²) in [7, 11) is 1.48. The monoisotopic (exact) mass is 187 g/mol. The molecule has 0 heterocycles. The summed E-state index contributed by atoms with van der Waals surface area (Å²) in [5.41, 5.74) is 5.99. The van der Waals surface area contributed by atoms with E-state index in [9.17, 15) is 8.78 Å². The minimum atomic E-state index is -0.624. The molecule has 1 aromatic carbocycles. The molecule has 0 aromatic heterocycles. The summed E-state index contributed by atoms with van der Waals surface area (Å²) in [6.45, 7) is 0.239. The molecule has 4 heteroatoms. The van der Waals surface area contributed by atoms with Gasteiger partial charge in [-0.05, 0) is 17.7 Å². The average molecular weight is 187 g/mol. The number of rotatable bonds is 3. The van der Waals surface area contributed by atoms with Gasteiger partial charge in [-0.25, -0.2) is 8.78 Å². The molecule has 1 aromatic rings. The third kappa shape index (κ3) is 2.75. The Labute approximate surface area is 75.3 Å². The van der Waals surface area contributed by atoms with E-state index in [1.54, 1.807) is 0 Å². The fraction of sp³-hybridized carbons (Fsp3) is 0.333. The van der Waals surface area contributed by atoms with Gasteiger partial charge in [0, 0.05) is 13.2 Å². The predicted octanol–water partition coefficient (Wildman–Crippen LogP) is 1.61. The zero-order chi connectivity index (χ0) is 9.84. The molecule has 0 aliphatic heterocycles. The summed E-state index contributed by atoms with van der Waals surface area (Å²) in [6, 6.07) is 2.72. The topological polar surface area (TPSA) is 35.2 Å². The first-order valence-electron chi connectivity index (χ1n) is 3.84. The van der Waals surface area contributed by atoms with Crippen LogP contribution >= 0.6 is 0 Å². The van der Waals surface area contributed by atoms with E-state index >= 15 is 0 Å². The molecule has 0 amide bonds. The lowest BCUT2D eigenvalue weighted by atomic mass is 10.1. The molecule has 2 nitrogen and oxygen atoms in total. The van der Waals surface area contributed by atoms with Crippen LogP contribution in [0.3, 0.4) is 0 Å². The van der Waals surface area contributed by atoms with Crippen LogP contribution in [0.2, 0.25) is 0 Å². The number of methoxy groups -OCH3 is 1. The van der Waals surface area contributed by atoms with Crippen LogP contribution in [0.25, 0.3) is 0 Å². The zero-order valence-electron chi connectivity index (χ0n) is 7.26. The van der Waals surface area contributed by atoms with Crippen LogP contribution in [0.1, 0.15) is 11.6 Å². The molecule has 0 fully saturated rings. The number of hydrogen-bond donors (Lipinski definition) is 1. The first-order chi connectivity index (χ1) is 6.13. The largest absolute Gasteiger partial charge is 0.383 e. The third-order valence-corrected chi connectivity index (χ3v) is 1.66. The SMILES string of the molecule is COC[C@@H](N)c1cc(F)cc(F)c1. The number of halogens is 2. The van der Waals surface area contributed by atoms with Gasteiger partial charge in [0.05, 0.1) is 12.6 Å². The standard InChI is InChI=1S/C9H11F2NO/c1-13-5-9(12)6-2-7(10)4-8(11)3-6/h2-4,9H,5,12H2,1H3/t9-/m1/s1. The Morgan fingerprint density at radius 3 is 2.31 bits per heavy atom. The van der Waals surface area contributed by atoms with Crippen LogP contribution in [-0.2, 0) is 4.74 Å². The van der Waals surface area contributed by atoms with Gasteiger partial charge in [-0.1, -0.05) is 0 Å². The Morgan fingerprint density at radius 1 is 1.31 bits per heavy atom. The maximum Gasteiger partial charge on any atom is 0.126 e. The van der Waals surface area contributed by atoms with Crippen LogP contribution < -0.4 is 5.73 Å². The fourth-order valence-electron chi connectivity index (χ4n) is 1.07. The highest BCUT2D eigenvalue weighted by atomic mass is 19.1. The van der Waals surface area contributed by atoms with Crippen molar-refractivity contribution in [1.29, 1.82) is 0 Å². The normalized spacial score (nSPS) is 12.9. The molecule has 0 spiro atoms. The molecule has 0 bridgehead atoms. The molecular weight excluding hydrogens is 176 g/mol. The molecule has 13 heavy (non-hydrogen) atoms. The quantitative estimate of drug-likeness (QED) is 0.780. The molecule has 0 saturated carbocycles. The first-order valence-corrected chi connectivity index (χ1v) is 3.84. The van der Waals surface area contributed by atoms with Gasteiger partial charge < -0.3 is 10.5 Å². The maximum absolute atomic E-state index is 12.7. The third-order valence-electron chi connectivity index (χ3n) is 1.66. The van der Waals surface area contributed by atoms with Gasteiger partial charge in [0.25, 0.3) is 0 Å². The minimum absolute atomic E-state index is 0.239. The van der Waals surface area contributed by atoms with Crippen molar-refractivity contribution in [3.05, 3.63) is 35.4 Å². The van der Waals surface area contributed by atoms with Gasteiger partial charge in [0.1, 0.15) is 11.6 Å². The first kappa shape index (κ1) is 10.1. The van der Waals surface area contributed by atoms with Crippen molar-refractivity contribution in [2.45, 2.75) is 6.04 Å². The lowest BCUT2D eigenvalue weighted by molar-refractivity contribution is 0.180. The van der Waals surface area contributed by atoms with Crippen molar-refractivity contribution >= 4 is 0 Å². The highest BCUT2D eigenvalue weighted by molar-refractivity contribution is 5.21. The van der Waals surface area contributed by atoms with Crippen LogP contribution in [-0.4, -0.2) is 13.7 Å². The molecule has 2 N–H and O–H groups in total. The van der Waals surface area contributed by atoms with E-state index in [2.05, 4.69) is 0 Å². The highest BCUT2D eigenvalue weighted by Gasteiger charge is 2.08. The predicted molar refractivity (Wildman–Crippen MR) is 45.2 cm³/mol. The molecular formula is C9H11F2NO. The summed E-state index contributed by atoms with van der Waals surface area (Å²) in [5, 5.41) is 0. The van der Waals surface area contributed by atoms with Gasteiger partial charge in [0.2, 0.25) is 0 Å². The molecule has 1 atom stereocenters. The summed E-state index contributed by atoms with van der Waals surface area (Å²) in [4.78, 5) is 0. The number of hydrogen-bond acceptors (Lipinski definition) is 2. The van der Waals surface area contributed by atoms with Crippen molar-refractivity contribution in [2.75, 3.05) is 13.7 Å². The Balaban J connectivity index is 2.87. The fourth-order valence-corrected chi connectivity index (χ4v) is 1.07. The van der Waals surface area contributed by atoms with Gasteiger partial charge >= 0.3 is 0 Å². The zero-order valence-corrected chi connectivity index (χ0v) is 7.26. The van der Waals surface area contributed by atoms with E-state index in [-0.39, 0.29) is 6.61 Å². The Kier molecular flexibility index (Phi) is 3.33. The van der Waals surface area contributed by atoms with Crippen molar-refractivity contribution in [2.24, 2.45) is 5.73 Å². The van der Waals surface area contributed by atoms with Crippen molar-refractivity contribution in [3.8, 4) is 0 Å². The number of ether oxygens (including phenoxy) is 1. The lowest BCUT2D eigenvalue weighted by Crippen LogP contribution is -2.16. The van der Waals surface area contributed by atoms with E-state index in [1.807, 2.05) is 0 Å². The van der Waals surface area contributed by atoms with Crippen LogP contribution in [0.4, 0.5) is 8.78 Å². The molecule has 0 radical (unpaired) electrons. The summed E-state index contributed by atoms with van der Waals surface area (Å²) >= 11 is 0. The smallest absolute Gasteiger partial charge is 0.126 e. The molecule has 0 unspecified atom stereocenters. The Bertz CT molecular complexity index is 271. The minimum Gasteiger partial charge on any atom is -0.383 e. The summed E-state index contributed by atoms with van der Waals surface area (Å²) in [5.74, 6) is -1.25. The summed E-state index contributed by atoms with van der Waals surface area (Å²) in [6.07, 6.45) is 0. The van der Waals surface area contributed by atoms with E-state index in [4.69, 9.17) is 10.5 Å². The van der Waals surface area contributed by atoms with Crippen LogP contribution in [0.5, 0.6) is 0 Å². The van der Waals surface area contributed by atoms with Crippen molar-refractivity contribution in [3.63, 3.8) is 0 Å². The summed E-state index contributed by atoms with van der Waals surface area (Å²) < 4.78 is 30.2. The second kappa shape index (κ2) is 4.30. The average Bonchev–Trinajstić information content (AvgIpc) is 2.03.